The molecule has 21 heavy (non-hydrogen) atoms. The zero-order valence-electron chi connectivity index (χ0n) is 11.3. The minimum absolute atomic E-state index is 0.0247. The van der Waals surface area contributed by atoms with Gasteiger partial charge in [0.1, 0.15) is 5.75 Å². The van der Waals surface area contributed by atoms with Crippen molar-refractivity contribution in [3.8, 4) is 5.75 Å². The Bertz CT molecular complexity index is 682. The fourth-order valence-electron chi connectivity index (χ4n) is 1.80. The largest absolute Gasteiger partial charge is 0.479 e. The first-order valence-electron chi connectivity index (χ1n) is 5.85. The van der Waals surface area contributed by atoms with E-state index in [2.05, 4.69) is 4.74 Å². The van der Waals surface area contributed by atoms with E-state index in [4.69, 9.17) is 9.29 Å². The zero-order chi connectivity index (χ0) is 15.8. The Kier molecular flexibility index (Phi) is 3.64. The standard InChI is InChI=1S/C12H13NO7S/c1-8-3-5-9(6-4-8)20-21(17,18)13-7-12(13,10(14)15)11(16)19-2/h3-6H,7H2,1-2H3,(H,14,15). The summed E-state index contributed by atoms with van der Waals surface area (Å²) in [4.78, 5) is 22.7. The minimum atomic E-state index is -4.41. The van der Waals surface area contributed by atoms with Crippen LogP contribution in [0.4, 0.5) is 0 Å². The fourth-order valence-corrected chi connectivity index (χ4v) is 3.12. The molecule has 0 bridgehead atoms. The average molecular weight is 315 g/mol. The maximum atomic E-state index is 12.0. The van der Waals surface area contributed by atoms with Crippen molar-refractivity contribution in [1.82, 2.24) is 4.31 Å². The molecule has 8 nitrogen and oxygen atoms in total. The number of aryl methyl sites for hydroxylation is 1. The maximum absolute atomic E-state index is 12.0. The van der Waals surface area contributed by atoms with Crippen molar-refractivity contribution in [3.63, 3.8) is 0 Å². The lowest BCUT2D eigenvalue weighted by atomic mass is 10.2. The fraction of sp³-hybridized carbons (Fsp3) is 0.333. The third kappa shape index (κ3) is 2.57. The topological polar surface area (TPSA) is 110 Å². The molecule has 1 aromatic rings. The van der Waals surface area contributed by atoms with Crippen LogP contribution < -0.4 is 4.18 Å². The van der Waals surface area contributed by atoms with Crippen molar-refractivity contribution < 1.29 is 32.0 Å². The number of carbonyl (C=O) groups excluding carboxylic acids is 1. The molecule has 1 fully saturated rings. The second-order valence-electron chi connectivity index (χ2n) is 4.52. The Balaban J connectivity index is 2.24. The van der Waals surface area contributed by atoms with Gasteiger partial charge in [-0.3, -0.25) is 0 Å². The lowest BCUT2D eigenvalue weighted by molar-refractivity contribution is -0.155. The van der Waals surface area contributed by atoms with Crippen LogP contribution in [-0.2, 0) is 24.6 Å². The van der Waals surface area contributed by atoms with Crippen molar-refractivity contribution in [1.29, 1.82) is 0 Å². The van der Waals surface area contributed by atoms with Gasteiger partial charge >= 0.3 is 22.2 Å². The van der Waals surface area contributed by atoms with Gasteiger partial charge in [0.25, 0.3) is 0 Å². The lowest BCUT2D eigenvalue weighted by Gasteiger charge is -2.12. The number of hydrogen-bond acceptors (Lipinski definition) is 6. The van der Waals surface area contributed by atoms with Crippen LogP contribution in [0.15, 0.2) is 24.3 Å². The monoisotopic (exact) mass is 315 g/mol. The van der Waals surface area contributed by atoms with Crippen LogP contribution >= 0.6 is 0 Å². The Hall–Kier alpha value is -2.13. The summed E-state index contributed by atoms with van der Waals surface area (Å²) in [5.41, 5.74) is -1.33. The van der Waals surface area contributed by atoms with E-state index in [1.807, 2.05) is 6.92 Å². The summed E-state index contributed by atoms with van der Waals surface area (Å²) in [5, 5.41) is 9.08. The van der Waals surface area contributed by atoms with E-state index in [-0.39, 0.29) is 5.75 Å². The van der Waals surface area contributed by atoms with E-state index in [0.717, 1.165) is 12.7 Å². The van der Waals surface area contributed by atoms with Gasteiger partial charge in [-0.15, -0.1) is 4.31 Å². The first kappa shape index (κ1) is 15.3. The summed E-state index contributed by atoms with van der Waals surface area (Å²) in [6.45, 7) is 1.29. The highest BCUT2D eigenvalue weighted by atomic mass is 32.2. The molecule has 1 saturated heterocycles. The first-order valence-corrected chi connectivity index (χ1v) is 7.21. The molecule has 1 N–H and O–H groups in total. The summed E-state index contributed by atoms with van der Waals surface area (Å²) in [5.74, 6) is -2.74. The Labute approximate surface area is 121 Å². The van der Waals surface area contributed by atoms with Crippen molar-refractivity contribution in [2.45, 2.75) is 12.5 Å². The number of carbonyl (C=O) groups is 2. The number of rotatable bonds is 5. The third-order valence-corrected chi connectivity index (χ3v) is 4.45. The Morgan fingerprint density at radius 1 is 1.29 bits per heavy atom. The molecule has 2 unspecified atom stereocenters. The number of aliphatic carboxylic acids is 1. The van der Waals surface area contributed by atoms with Gasteiger partial charge in [-0.25, -0.2) is 9.59 Å². The number of benzene rings is 1. The number of methoxy groups -OCH3 is 1. The molecular formula is C12H13NO7S. The minimum Gasteiger partial charge on any atom is -0.479 e. The van der Waals surface area contributed by atoms with Crippen molar-refractivity contribution in [2.24, 2.45) is 0 Å². The maximum Gasteiger partial charge on any atom is 0.386 e. The molecule has 1 heterocycles. The number of nitrogens with zero attached hydrogens (tertiary/aromatic N) is 1. The second-order valence-corrected chi connectivity index (χ2v) is 5.98. The predicted molar refractivity (Wildman–Crippen MR) is 69.8 cm³/mol. The highest BCUT2D eigenvalue weighted by molar-refractivity contribution is 7.85. The van der Waals surface area contributed by atoms with E-state index >= 15 is 0 Å². The van der Waals surface area contributed by atoms with Gasteiger partial charge in [-0.1, -0.05) is 17.7 Å². The molecule has 0 aliphatic carbocycles. The highest BCUT2D eigenvalue weighted by Gasteiger charge is 2.72. The normalized spacial score (nSPS) is 24.2. The third-order valence-electron chi connectivity index (χ3n) is 3.06. The van der Waals surface area contributed by atoms with Gasteiger partial charge in [0.2, 0.25) is 5.54 Å². The van der Waals surface area contributed by atoms with Crippen LogP contribution in [0.1, 0.15) is 5.56 Å². The molecule has 0 aromatic heterocycles. The van der Waals surface area contributed by atoms with Crippen LogP contribution in [0.2, 0.25) is 0 Å². The van der Waals surface area contributed by atoms with Gasteiger partial charge < -0.3 is 14.0 Å². The quantitative estimate of drug-likeness (QED) is 0.460. The number of carboxylic acid groups (broad SMARTS) is 1. The van der Waals surface area contributed by atoms with Gasteiger partial charge in [0.05, 0.1) is 13.7 Å². The van der Waals surface area contributed by atoms with Gasteiger partial charge in [0, 0.05) is 0 Å². The summed E-state index contributed by atoms with van der Waals surface area (Å²) >= 11 is 0. The van der Waals surface area contributed by atoms with E-state index in [0.29, 0.717) is 4.31 Å². The van der Waals surface area contributed by atoms with E-state index in [1.54, 1.807) is 12.1 Å². The Morgan fingerprint density at radius 3 is 2.33 bits per heavy atom. The van der Waals surface area contributed by atoms with Crippen LogP contribution in [0.5, 0.6) is 5.75 Å². The molecule has 2 atom stereocenters. The number of esters is 1. The molecule has 114 valence electrons. The lowest BCUT2D eigenvalue weighted by Crippen LogP contribution is -2.41. The number of carboxylic acids is 1. The molecule has 1 aromatic carbocycles. The highest BCUT2D eigenvalue weighted by Crippen LogP contribution is 2.38. The van der Waals surface area contributed by atoms with Crippen LogP contribution in [0.25, 0.3) is 0 Å². The van der Waals surface area contributed by atoms with Crippen LogP contribution in [0, 0.1) is 6.92 Å². The first-order chi connectivity index (χ1) is 9.74. The number of ether oxygens (including phenoxy) is 1. The zero-order valence-corrected chi connectivity index (χ0v) is 12.1. The Morgan fingerprint density at radius 2 is 1.86 bits per heavy atom. The van der Waals surface area contributed by atoms with Crippen molar-refractivity contribution in [2.75, 3.05) is 13.7 Å². The molecule has 2 rings (SSSR count). The van der Waals surface area contributed by atoms with Crippen molar-refractivity contribution >= 4 is 22.2 Å². The SMILES string of the molecule is COC(=O)C1(C(=O)O)CN1S(=O)(=O)Oc1ccc(C)cc1. The average Bonchev–Trinajstić information content (AvgIpc) is 3.18. The second kappa shape index (κ2) is 5.01. The summed E-state index contributed by atoms with van der Waals surface area (Å²) in [6.07, 6.45) is 0. The van der Waals surface area contributed by atoms with Crippen LogP contribution in [-0.4, -0.2) is 49.0 Å². The summed E-state index contributed by atoms with van der Waals surface area (Å²) < 4.78 is 33.6. The molecular weight excluding hydrogens is 302 g/mol. The molecule has 1 aliphatic rings. The molecule has 1 aliphatic heterocycles. The summed E-state index contributed by atoms with van der Waals surface area (Å²) in [7, 11) is -3.43. The van der Waals surface area contributed by atoms with Crippen molar-refractivity contribution in [3.05, 3.63) is 29.8 Å². The smallest absolute Gasteiger partial charge is 0.386 e. The number of hydrogen-bond donors (Lipinski definition) is 1. The molecule has 0 radical (unpaired) electrons. The van der Waals surface area contributed by atoms with Gasteiger partial charge in [-0.05, 0) is 19.1 Å². The van der Waals surface area contributed by atoms with E-state index in [9.17, 15) is 18.0 Å². The summed E-state index contributed by atoms with van der Waals surface area (Å²) in [6, 6.07) is 6.13. The van der Waals surface area contributed by atoms with Crippen LogP contribution in [0.3, 0.4) is 0 Å². The van der Waals surface area contributed by atoms with E-state index < -0.39 is 34.3 Å². The molecule has 0 amide bonds. The van der Waals surface area contributed by atoms with Gasteiger partial charge in [-0.2, -0.15) is 8.42 Å². The molecule has 0 saturated carbocycles. The molecule has 9 heteroatoms. The van der Waals surface area contributed by atoms with E-state index in [1.165, 1.54) is 12.1 Å². The molecule has 0 spiro atoms. The predicted octanol–water partition coefficient (Wildman–Crippen LogP) is -0.0694. The van der Waals surface area contributed by atoms with Gasteiger partial charge in [0.15, 0.2) is 0 Å².